The molecule has 0 aliphatic carbocycles. The van der Waals surface area contributed by atoms with Crippen molar-refractivity contribution >= 4 is 23.2 Å². The smallest absolute Gasteiger partial charge is 0.335 e. The largest absolute Gasteiger partial charge is 0.350 e. The summed E-state index contributed by atoms with van der Waals surface area (Å²) >= 11 is -0.750. The van der Waals surface area contributed by atoms with Crippen LogP contribution in [0.25, 0.3) is 17.0 Å². The molecule has 1 N–H and O–H groups in total. The number of aromatic nitrogens is 8. The number of fused-ring (bicyclic) bond motifs is 1. The number of hydrogen-bond acceptors (Lipinski definition) is 9. The van der Waals surface area contributed by atoms with Crippen molar-refractivity contribution in [2.45, 2.75) is 33.2 Å². The van der Waals surface area contributed by atoms with Crippen LogP contribution in [0.5, 0.6) is 0 Å². The molecule has 0 aliphatic rings. The molecule has 11 nitrogen and oxygen atoms in total. The van der Waals surface area contributed by atoms with Crippen LogP contribution < -0.4 is 5.32 Å². The first-order chi connectivity index (χ1) is 14.4. The van der Waals surface area contributed by atoms with Gasteiger partial charge in [-0.1, -0.05) is 38.1 Å². The Hall–Kier alpha value is -3.54. The minimum absolute atomic E-state index is 0.341. The minimum atomic E-state index is -0.750. The Bertz CT molecular complexity index is 1200. The van der Waals surface area contributed by atoms with Crippen molar-refractivity contribution in [3.05, 3.63) is 47.4 Å². The van der Waals surface area contributed by atoms with Crippen LogP contribution in [0, 0.1) is 6.92 Å². The van der Waals surface area contributed by atoms with E-state index in [4.69, 9.17) is 8.42 Å². The summed E-state index contributed by atoms with van der Waals surface area (Å²) in [6.07, 6.45) is 1.86. The van der Waals surface area contributed by atoms with Gasteiger partial charge < -0.3 is 5.32 Å². The van der Waals surface area contributed by atoms with Gasteiger partial charge in [-0.15, -0.1) is 10.2 Å². The van der Waals surface area contributed by atoms with E-state index in [0.29, 0.717) is 30.1 Å². The molecule has 0 saturated heterocycles. The number of benzene rings is 1. The lowest BCUT2D eigenvalue weighted by Gasteiger charge is -2.11. The maximum atomic E-state index is 8.29. The van der Waals surface area contributed by atoms with Gasteiger partial charge in [0.15, 0.2) is 5.65 Å². The third-order valence-electron chi connectivity index (χ3n) is 4.33. The molecule has 1 aromatic carbocycles. The van der Waals surface area contributed by atoms with Crippen LogP contribution in [0.4, 0.5) is 5.95 Å². The highest BCUT2D eigenvalue weighted by Gasteiger charge is 2.15. The van der Waals surface area contributed by atoms with Crippen molar-refractivity contribution in [2.75, 3.05) is 5.32 Å². The third kappa shape index (κ3) is 4.54. The number of hydrogen-bond donors (Lipinski definition) is 1. The van der Waals surface area contributed by atoms with Gasteiger partial charge in [0.1, 0.15) is 5.82 Å². The van der Waals surface area contributed by atoms with Crippen LogP contribution in [-0.2, 0) is 25.2 Å². The Morgan fingerprint density at radius 2 is 1.90 bits per heavy atom. The van der Waals surface area contributed by atoms with Gasteiger partial charge in [0.25, 0.3) is 0 Å². The van der Waals surface area contributed by atoms with Gasteiger partial charge in [0, 0.05) is 17.7 Å². The Morgan fingerprint density at radius 3 is 2.57 bits per heavy atom. The quantitative estimate of drug-likeness (QED) is 0.505. The van der Waals surface area contributed by atoms with E-state index in [1.54, 1.807) is 11.6 Å². The van der Waals surface area contributed by atoms with Crippen LogP contribution in [-0.4, -0.2) is 48.2 Å². The molecule has 0 spiro atoms. The molecule has 0 aliphatic heterocycles. The van der Waals surface area contributed by atoms with E-state index in [9.17, 15) is 0 Å². The van der Waals surface area contributed by atoms with Crippen LogP contribution >= 0.6 is 0 Å². The maximum absolute atomic E-state index is 8.29. The van der Waals surface area contributed by atoms with E-state index in [-0.39, 0.29) is 0 Å². The molecular formula is C18H21N9O2S. The zero-order valence-electron chi connectivity index (χ0n) is 17.0. The van der Waals surface area contributed by atoms with Crippen molar-refractivity contribution in [1.82, 2.24) is 39.8 Å². The van der Waals surface area contributed by atoms with E-state index >= 15 is 0 Å². The molecule has 0 fully saturated rings. The molecule has 0 radical (unpaired) electrons. The number of rotatable bonds is 5. The molecule has 0 unspecified atom stereocenters. The molecule has 3 heterocycles. The predicted octanol–water partition coefficient (Wildman–Crippen LogP) is 1.69. The van der Waals surface area contributed by atoms with E-state index in [1.807, 2.05) is 37.4 Å². The summed E-state index contributed by atoms with van der Waals surface area (Å²) in [5.41, 5.74) is 3.92. The Labute approximate surface area is 176 Å². The zero-order valence-corrected chi connectivity index (χ0v) is 17.8. The van der Waals surface area contributed by atoms with E-state index < -0.39 is 11.6 Å². The number of nitrogens with zero attached hydrogens (tertiary/aromatic N) is 8. The fourth-order valence-electron chi connectivity index (χ4n) is 2.98. The summed E-state index contributed by atoms with van der Waals surface area (Å²) in [6, 6.07) is 7.97. The van der Waals surface area contributed by atoms with Gasteiger partial charge in [-0.25, -0.2) is 4.98 Å². The van der Waals surface area contributed by atoms with Crippen molar-refractivity contribution in [1.29, 1.82) is 0 Å². The second kappa shape index (κ2) is 9.31. The first kappa shape index (κ1) is 21.2. The Kier molecular flexibility index (Phi) is 6.57. The van der Waals surface area contributed by atoms with Gasteiger partial charge in [-0.2, -0.15) is 27.8 Å². The third-order valence-corrected chi connectivity index (χ3v) is 4.33. The van der Waals surface area contributed by atoms with Crippen LogP contribution in [0.2, 0.25) is 0 Å². The molecule has 3 aromatic heterocycles. The summed E-state index contributed by atoms with van der Waals surface area (Å²) in [7, 11) is 1.75. The summed E-state index contributed by atoms with van der Waals surface area (Å²) in [6.45, 7) is 6.70. The number of tetrazole rings is 1. The highest BCUT2D eigenvalue weighted by molar-refractivity contribution is 7.51. The lowest BCUT2D eigenvalue weighted by molar-refractivity contribution is 0.630. The fourth-order valence-corrected chi connectivity index (χ4v) is 2.98. The number of anilines is 1. The molecule has 4 aromatic rings. The molecule has 0 atom stereocenters. The lowest BCUT2D eigenvalue weighted by atomic mass is 10.1. The summed E-state index contributed by atoms with van der Waals surface area (Å²) in [5.74, 6) is 2.30. The van der Waals surface area contributed by atoms with Crippen molar-refractivity contribution in [2.24, 2.45) is 7.05 Å². The highest BCUT2D eigenvalue weighted by atomic mass is 32.1. The molecule has 0 saturated carbocycles. The first-order valence-corrected chi connectivity index (χ1v) is 9.81. The molecule has 30 heavy (non-hydrogen) atoms. The van der Waals surface area contributed by atoms with Gasteiger partial charge in [-0.05, 0) is 23.6 Å². The van der Waals surface area contributed by atoms with E-state index in [0.717, 1.165) is 22.3 Å². The average Bonchev–Trinajstić information content (AvgIpc) is 3.33. The average molecular weight is 427 g/mol. The lowest BCUT2D eigenvalue weighted by Crippen LogP contribution is -2.10. The van der Waals surface area contributed by atoms with Crippen LogP contribution in [0.3, 0.4) is 0 Å². The maximum Gasteiger partial charge on any atom is 0.335 e. The van der Waals surface area contributed by atoms with Crippen molar-refractivity contribution in [3.63, 3.8) is 0 Å². The van der Waals surface area contributed by atoms with E-state index in [1.165, 1.54) is 4.80 Å². The SMILES string of the molecule is Cc1nc(NCc2ccccc2-c2nnn(C)n2)n2ncc(C(C)C)c2n1.O=S=O. The standard InChI is InChI=1S/C18H21N9.O2S/c1-11(2)15-10-20-27-17(15)21-12(3)22-18(27)19-9-13-7-5-6-8-14(13)16-23-25-26(4)24-16;1-3-2/h5-8,10-11H,9H2,1-4H3,(H,19,21,22);. The molecule has 12 heteroatoms. The summed E-state index contributed by atoms with van der Waals surface area (Å²) < 4.78 is 18.3. The number of nitrogens with one attached hydrogen (secondary N) is 1. The molecule has 156 valence electrons. The van der Waals surface area contributed by atoms with Gasteiger partial charge >= 0.3 is 11.6 Å². The summed E-state index contributed by atoms with van der Waals surface area (Å²) in [5, 5.41) is 20.2. The Morgan fingerprint density at radius 1 is 1.17 bits per heavy atom. The Balaban J connectivity index is 0.000000806. The zero-order chi connectivity index (χ0) is 21.7. The molecule has 0 bridgehead atoms. The fraction of sp³-hybridized carbons (Fsp3) is 0.333. The second-order valence-corrected chi connectivity index (χ2v) is 6.90. The molecule has 4 rings (SSSR count). The molecule has 0 amide bonds. The van der Waals surface area contributed by atoms with Crippen molar-refractivity contribution < 1.29 is 8.42 Å². The van der Waals surface area contributed by atoms with Crippen molar-refractivity contribution in [3.8, 4) is 11.4 Å². The monoisotopic (exact) mass is 427 g/mol. The first-order valence-electron chi connectivity index (χ1n) is 9.14. The van der Waals surface area contributed by atoms with Gasteiger partial charge in [0.2, 0.25) is 11.8 Å². The predicted molar refractivity (Wildman–Crippen MR) is 110 cm³/mol. The van der Waals surface area contributed by atoms with Crippen LogP contribution in [0.1, 0.15) is 36.7 Å². The normalized spacial score (nSPS) is 10.7. The topological polar surface area (TPSA) is 133 Å². The van der Waals surface area contributed by atoms with E-state index in [2.05, 4.69) is 49.6 Å². The van der Waals surface area contributed by atoms with Crippen LogP contribution in [0.15, 0.2) is 30.5 Å². The second-order valence-electron chi connectivity index (χ2n) is 6.77. The highest BCUT2D eigenvalue weighted by Crippen LogP contribution is 2.23. The number of aryl methyl sites for hydroxylation is 2. The molecular weight excluding hydrogens is 406 g/mol. The summed E-state index contributed by atoms with van der Waals surface area (Å²) in [4.78, 5) is 10.5. The minimum Gasteiger partial charge on any atom is -0.350 e. The van der Waals surface area contributed by atoms with Gasteiger partial charge in [-0.3, -0.25) is 0 Å². The van der Waals surface area contributed by atoms with Gasteiger partial charge in [0.05, 0.1) is 13.2 Å².